The molecule has 2 heterocycles. The van der Waals surface area contributed by atoms with Gasteiger partial charge >= 0.3 is 5.97 Å². The molecule has 0 unspecified atom stereocenters. The predicted molar refractivity (Wildman–Crippen MR) is 82.4 cm³/mol. The van der Waals surface area contributed by atoms with Gasteiger partial charge in [-0.1, -0.05) is 0 Å². The lowest BCUT2D eigenvalue weighted by Gasteiger charge is -2.10. The number of carbonyl (C=O) groups is 1. The number of hydrogen-bond acceptors (Lipinski definition) is 6. The number of ether oxygens (including phenoxy) is 1. The molecule has 0 fully saturated rings. The third-order valence-corrected chi connectivity index (χ3v) is 3.14. The lowest BCUT2D eigenvalue weighted by molar-refractivity contribution is 0.0697. The summed E-state index contributed by atoms with van der Waals surface area (Å²) in [5.41, 5.74) is 0.493. The van der Waals surface area contributed by atoms with E-state index in [-0.39, 0.29) is 5.56 Å². The Morgan fingerprint density at radius 2 is 2.13 bits per heavy atom. The predicted octanol–water partition coefficient (Wildman–Crippen LogP) is 2.11. The number of aromatic carboxylic acids is 1. The number of nitrogens with one attached hydrogen (secondary N) is 1. The van der Waals surface area contributed by atoms with Crippen molar-refractivity contribution >= 4 is 17.5 Å². The second kappa shape index (κ2) is 6.14. The number of rotatable bonds is 5. The third-order valence-electron chi connectivity index (χ3n) is 3.14. The molecule has 2 N–H and O–H groups in total. The molecular weight excluding hydrogens is 298 g/mol. The average molecular weight is 311 g/mol. The van der Waals surface area contributed by atoms with E-state index in [1.54, 1.807) is 47.6 Å². The number of methoxy groups -OCH3 is 1. The van der Waals surface area contributed by atoms with E-state index in [9.17, 15) is 9.90 Å². The molecule has 8 heteroatoms. The summed E-state index contributed by atoms with van der Waals surface area (Å²) in [6.07, 6.45) is 5.01. The van der Waals surface area contributed by atoms with Crippen molar-refractivity contribution in [1.82, 2.24) is 19.7 Å². The van der Waals surface area contributed by atoms with Gasteiger partial charge in [-0.25, -0.2) is 9.78 Å². The summed E-state index contributed by atoms with van der Waals surface area (Å²) in [6, 6.07) is 8.19. The van der Waals surface area contributed by atoms with Gasteiger partial charge in [0.2, 0.25) is 0 Å². The highest BCUT2D eigenvalue weighted by atomic mass is 16.5. The van der Waals surface area contributed by atoms with Crippen LogP contribution < -0.4 is 10.1 Å². The first kappa shape index (κ1) is 14.5. The number of anilines is 2. The summed E-state index contributed by atoms with van der Waals surface area (Å²) in [5.74, 6) is 0.451. The van der Waals surface area contributed by atoms with Gasteiger partial charge in [-0.15, -0.1) is 10.2 Å². The smallest absolute Gasteiger partial charge is 0.337 e. The van der Waals surface area contributed by atoms with Crippen LogP contribution in [0.5, 0.6) is 5.75 Å². The highest BCUT2D eigenvalue weighted by Gasteiger charge is 2.12. The van der Waals surface area contributed by atoms with E-state index in [1.165, 1.54) is 13.2 Å². The van der Waals surface area contributed by atoms with Gasteiger partial charge in [0.25, 0.3) is 0 Å². The highest BCUT2D eigenvalue weighted by molar-refractivity contribution is 5.95. The van der Waals surface area contributed by atoms with Crippen molar-refractivity contribution < 1.29 is 14.6 Å². The van der Waals surface area contributed by atoms with E-state index in [1.807, 2.05) is 0 Å². The van der Waals surface area contributed by atoms with Crippen LogP contribution in [-0.4, -0.2) is 37.9 Å². The van der Waals surface area contributed by atoms with Crippen molar-refractivity contribution in [3.05, 3.63) is 54.6 Å². The maximum atomic E-state index is 11.3. The monoisotopic (exact) mass is 311 g/mol. The maximum absolute atomic E-state index is 11.3. The Hall–Kier alpha value is -3.42. The van der Waals surface area contributed by atoms with Crippen LogP contribution in [0.4, 0.5) is 11.5 Å². The van der Waals surface area contributed by atoms with Gasteiger partial charge in [0.15, 0.2) is 11.6 Å². The molecule has 0 saturated carbocycles. The molecule has 0 aliphatic carbocycles. The molecule has 0 radical (unpaired) electrons. The van der Waals surface area contributed by atoms with Crippen molar-refractivity contribution in [2.45, 2.75) is 0 Å². The van der Waals surface area contributed by atoms with E-state index in [2.05, 4.69) is 20.5 Å². The van der Waals surface area contributed by atoms with Crippen molar-refractivity contribution in [3.63, 3.8) is 0 Å². The first-order valence-corrected chi connectivity index (χ1v) is 6.68. The number of carboxylic acid groups (broad SMARTS) is 1. The molecule has 23 heavy (non-hydrogen) atoms. The molecule has 0 bridgehead atoms. The molecule has 0 spiro atoms. The summed E-state index contributed by atoms with van der Waals surface area (Å²) < 4.78 is 6.75. The second-order valence-electron chi connectivity index (χ2n) is 4.59. The van der Waals surface area contributed by atoms with E-state index in [0.29, 0.717) is 23.1 Å². The average Bonchev–Trinajstić information content (AvgIpc) is 3.10. The first-order valence-electron chi connectivity index (χ1n) is 6.68. The van der Waals surface area contributed by atoms with Gasteiger partial charge in [-0.2, -0.15) is 0 Å². The molecule has 0 saturated heterocycles. The summed E-state index contributed by atoms with van der Waals surface area (Å²) in [4.78, 5) is 15.3. The number of aromatic nitrogens is 4. The van der Waals surface area contributed by atoms with Crippen molar-refractivity contribution in [2.24, 2.45) is 0 Å². The van der Waals surface area contributed by atoms with Gasteiger partial charge in [-0.3, -0.25) is 4.57 Å². The number of benzene rings is 1. The zero-order valence-corrected chi connectivity index (χ0v) is 12.2. The van der Waals surface area contributed by atoms with Crippen LogP contribution in [0.15, 0.2) is 49.1 Å². The molecule has 3 aromatic rings. The molecule has 0 atom stereocenters. The quantitative estimate of drug-likeness (QED) is 0.744. The van der Waals surface area contributed by atoms with Crippen LogP contribution >= 0.6 is 0 Å². The summed E-state index contributed by atoms with van der Waals surface area (Å²) >= 11 is 0. The van der Waals surface area contributed by atoms with E-state index >= 15 is 0 Å². The Balaban J connectivity index is 1.86. The normalized spacial score (nSPS) is 10.3. The lowest BCUT2D eigenvalue weighted by atomic mass is 10.1. The number of imidazole rings is 1. The van der Waals surface area contributed by atoms with Gasteiger partial charge in [0.1, 0.15) is 12.1 Å². The minimum Gasteiger partial charge on any atom is -0.497 e. The Bertz CT molecular complexity index is 816. The zero-order chi connectivity index (χ0) is 16.2. The number of nitrogens with zero attached hydrogens (tertiary/aromatic N) is 4. The number of hydrogen-bond donors (Lipinski definition) is 2. The van der Waals surface area contributed by atoms with Crippen LogP contribution in [0, 0.1) is 0 Å². The third kappa shape index (κ3) is 3.10. The molecule has 2 aromatic heterocycles. The molecule has 116 valence electrons. The minimum absolute atomic E-state index is 0.0878. The molecule has 3 rings (SSSR count). The van der Waals surface area contributed by atoms with Crippen molar-refractivity contribution in [3.8, 4) is 11.6 Å². The van der Waals surface area contributed by atoms with Crippen LogP contribution in [0.1, 0.15) is 10.4 Å². The standard InChI is InChI=1S/C15H13N5O3/c1-23-10-2-3-12(11(8-10)15(21)22)17-13-4-5-14(19-18-13)20-7-6-16-9-20/h2-9H,1H3,(H,17,18)(H,21,22). The molecule has 0 aliphatic rings. The van der Waals surface area contributed by atoms with Gasteiger partial charge < -0.3 is 15.2 Å². The fourth-order valence-electron chi connectivity index (χ4n) is 2.00. The van der Waals surface area contributed by atoms with Gasteiger partial charge in [0.05, 0.1) is 18.4 Å². The maximum Gasteiger partial charge on any atom is 0.337 e. The molecular formula is C15H13N5O3. The van der Waals surface area contributed by atoms with Crippen LogP contribution in [0.3, 0.4) is 0 Å². The zero-order valence-electron chi connectivity index (χ0n) is 12.2. The fourth-order valence-corrected chi connectivity index (χ4v) is 2.00. The summed E-state index contributed by atoms with van der Waals surface area (Å²) in [5, 5.41) is 20.3. The fraction of sp³-hybridized carbons (Fsp3) is 0.0667. The first-order chi connectivity index (χ1) is 11.2. The van der Waals surface area contributed by atoms with E-state index in [4.69, 9.17) is 4.74 Å². The highest BCUT2D eigenvalue weighted by Crippen LogP contribution is 2.24. The van der Waals surface area contributed by atoms with Gasteiger partial charge in [-0.05, 0) is 30.3 Å². The minimum atomic E-state index is -1.06. The van der Waals surface area contributed by atoms with Crippen LogP contribution in [0.2, 0.25) is 0 Å². The Labute approximate surface area is 131 Å². The number of carboxylic acids is 1. The Morgan fingerprint density at radius 3 is 2.74 bits per heavy atom. The lowest BCUT2D eigenvalue weighted by Crippen LogP contribution is -2.05. The van der Waals surface area contributed by atoms with Gasteiger partial charge in [0, 0.05) is 12.4 Å². The van der Waals surface area contributed by atoms with Crippen LogP contribution in [0.25, 0.3) is 5.82 Å². The largest absolute Gasteiger partial charge is 0.497 e. The van der Waals surface area contributed by atoms with Crippen molar-refractivity contribution in [2.75, 3.05) is 12.4 Å². The topological polar surface area (TPSA) is 102 Å². The van der Waals surface area contributed by atoms with E-state index < -0.39 is 5.97 Å². The molecule has 8 nitrogen and oxygen atoms in total. The molecule has 0 amide bonds. The Morgan fingerprint density at radius 1 is 1.26 bits per heavy atom. The van der Waals surface area contributed by atoms with Crippen molar-refractivity contribution in [1.29, 1.82) is 0 Å². The summed E-state index contributed by atoms with van der Waals surface area (Å²) in [7, 11) is 1.48. The second-order valence-corrected chi connectivity index (χ2v) is 4.59. The van der Waals surface area contributed by atoms with E-state index in [0.717, 1.165) is 0 Å². The van der Waals surface area contributed by atoms with Crippen LogP contribution in [-0.2, 0) is 0 Å². The summed E-state index contributed by atoms with van der Waals surface area (Å²) in [6.45, 7) is 0. The SMILES string of the molecule is COc1ccc(Nc2ccc(-n3ccnc3)nn2)c(C(=O)O)c1. The Kier molecular flexibility index (Phi) is 3.88. The molecule has 1 aromatic carbocycles. The molecule has 0 aliphatic heterocycles.